The Hall–Kier alpha value is -2.91. The van der Waals surface area contributed by atoms with Gasteiger partial charge in [-0.15, -0.1) is 11.3 Å². The number of carbonyl (C=O) groups excluding carboxylic acids is 1. The highest BCUT2D eigenvalue weighted by Crippen LogP contribution is 2.35. The van der Waals surface area contributed by atoms with Crippen LogP contribution in [-0.4, -0.2) is 38.7 Å². The lowest BCUT2D eigenvalue weighted by molar-refractivity contribution is 0.102. The number of anilines is 2. The first kappa shape index (κ1) is 20.4. The van der Waals surface area contributed by atoms with Gasteiger partial charge in [-0.25, -0.2) is 13.4 Å². The first-order chi connectivity index (χ1) is 14.3. The third kappa shape index (κ3) is 3.90. The zero-order chi connectivity index (χ0) is 21.5. The summed E-state index contributed by atoms with van der Waals surface area (Å²) in [5, 5.41) is 5.21. The molecule has 0 bridgehead atoms. The number of rotatable bonds is 5. The summed E-state index contributed by atoms with van der Waals surface area (Å²) >= 11 is 1.35. The molecule has 1 amide bonds. The van der Waals surface area contributed by atoms with Crippen molar-refractivity contribution < 1.29 is 17.9 Å². The van der Waals surface area contributed by atoms with Crippen LogP contribution in [0.4, 0.5) is 10.8 Å². The van der Waals surface area contributed by atoms with Crippen LogP contribution in [-0.2, 0) is 16.4 Å². The minimum absolute atomic E-state index is 0.167. The minimum Gasteiger partial charge on any atom is -0.497 e. The molecule has 0 spiro atoms. The molecule has 0 aliphatic carbocycles. The average molecular weight is 444 g/mol. The fraction of sp³-hybridized carbons (Fsp3) is 0.238. The van der Waals surface area contributed by atoms with Crippen LogP contribution in [0.1, 0.15) is 22.8 Å². The van der Waals surface area contributed by atoms with Crippen molar-refractivity contribution in [1.29, 1.82) is 0 Å². The summed E-state index contributed by atoms with van der Waals surface area (Å²) in [6.07, 6.45) is 1.77. The van der Waals surface area contributed by atoms with Gasteiger partial charge in [0, 0.05) is 22.5 Å². The van der Waals surface area contributed by atoms with Gasteiger partial charge in [-0.05, 0) is 61.4 Å². The second-order valence-electron chi connectivity index (χ2n) is 7.18. The number of ether oxygens (including phenoxy) is 1. The van der Waals surface area contributed by atoms with E-state index in [9.17, 15) is 13.2 Å². The van der Waals surface area contributed by atoms with E-state index >= 15 is 0 Å². The van der Waals surface area contributed by atoms with Crippen molar-refractivity contribution in [3.63, 3.8) is 0 Å². The maximum atomic E-state index is 12.7. The largest absolute Gasteiger partial charge is 0.497 e. The van der Waals surface area contributed by atoms with Crippen LogP contribution in [0.3, 0.4) is 0 Å². The Morgan fingerprint density at radius 1 is 1.23 bits per heavy atom. The molecule has 3 aromatic rings. The van der Waals surface area contributed by atoms with Crippen molar-refractivity contribution in [3.8, 4) is 17.0 Å². The molecule has 0 radical (unpaired) electrons. The van der Waals surface area contributed by atoms with Crippen LogP contribution in [0, 0.1) is 0 Å². The number of amides is 1. The number of thiazole rings is 1. The number of benzene rings is 2. The maximum absolute atomic E-state index is 12.7. The molecule has 30 heavy (non-hydrogen) atoms. The predicted molar refractivity (Wildman–Crippen MR) is 119 cm³/mol. The number of nitrogens with one attached hydrogen (secondary N) is 1. The first-order valence-electron chi connectivity index (χ1n) is 9.30. The number of aromatic nitrogens is 1. The molecule has 1 atom stereocenters. The number of nitrogens with zero attached hydrogens (tertiary/aromatic N) is 2. The zero-order valence-electron chi connectivity index (χ0n) is 16.7. The van der Waals surface area contributed by atoms with E-state index in [1.165, 1.54) is 21.9 Å². The van der Waals surface area contributed by atoms with Gasteiger partial charge < -0.3 is 4.74 Å². The van der Waals surface area contributed by atoms with Crippen LogP contribution in [0.2, 0.25) is 0 Å². The Bertz CT molecular complexity index is 1200. The van der Waals surface area contributed by atoms with Crippen molar-refractivity contribution in [1.82, 2.24) is 4.98 Å². The summed E-state index contributed by atoms with van der Waals surface area (Å²) in [5.74, 6) is 0.488. The molecule has 9 heteroatoms. The fourth-order valence-corrected chi connectivity index (χ4v) is 5.62. The molecule has 1 aliphatic rings. The SMILES string of the molecule is COc1ccc(-c2csc(NC(=O)c3ccc4c(c3)C[C@@H](C)N4S(C)(=O)=O)n2)cc1. The topological polar surface area (TPSA) is 88.6 Å². The number of sulfonamides is 1. The Balaban J connectivity index is 1.51. The number of hydrogen-bond acceptors (Lipinski definition) is 6. The summed E-state index contributed by atoms with van der Waals surface area (Å²) in [7, 11) is -1.74. The highest BCUT2D eigenvalue weighted by molar-refractivity contribution is 7.92. The summed E-state index contributed by atoms with van der Waals surface area (Å²) in [4.78, 5) is 17.2. The molecule has 0 saturated carbocycles. The molecule has 7 nitrogen and oxygen atoms in total. The molecule has 0 unspecified atom stereocenters. The highest BCUT2D eigenvalue weighted by Gasteiger charge is 2.32. The van der Waals surface area contributed by atoms with Gasteiger partial charge in [0.25, 0.3) is 5.91 Å². The van der Waals surface area contributed by atoms with Crippen molar-refractivity contribution in [3.05, 3.63) is 59.0 Å². The van der Waals surface area contributed by atoms with Crippen molar-refractivity contribution in [2.75, 3.05) is 23.0 Å². The maximum Gasteiger partial charge on any atom is 0.257 e. The van der Waals surface area contributed by atoms with Crippen LogP contribution in [0.5, 0.6) is 5.75 Å². The third-order valence-electron chi connectivity index (χ3n) is 4.96. The summed E-state index contributed by atoms with van der Waals surface area (Å²) in [6, 6.07) is 12.5. The molecule has 1 aromatic heterocycles. The van der Waals surface area contributed by atoms with Gasteiger partial charge in [0.15, 0.2) is 5.13 Å². The molecular formula is C21H21N3O4S2. The molecule has 1 N–H and O–H groups in total. The van der Waals surface area contributed by atoms with E-state index in [-0.39, 0.29) is 11.9 Å². The van der Waals surface area contributed by atoms with Crippen LogP contribution < -0.4 is 14.4 Å². The molecular weight excluding hydrogens is 422 g/mol. The summed E-state index contributed by atoms with van der Waals surface area (Å²) < 4.78 is 30.7. The quantitative estimate of drug-likeness (QED) is 0.648. The van der Waals surface area contributed by atoms with E-state index in [0.29, 0.717) is 22.8 Å². The molecule has 2 heterocycles. The van der Waals surface area contributed by atoms with Gasteiger partial charge in [0.1, 0.15) is 5.75 Å². The van der Waals surface area contributed by atoms with E-state index in [1.807, 2.05) is 36.6 Å². The Morgan fingerprint density at radius 2 is 1.97 bits per heavy atom. The van der Waals surface area contributed by atoms with Crippen LogP contribution in [0.15, 0.2) is 47.8 Å². The number of methoxy groups -OCH3 is 1. The van der Waals surface area contributed by atoms with E-state index in [2.05, 4.69) is 10.3 Å². The fourth-order valence-electron chi connectivity index (χ4n) is 3.64. The van der Waals surface area contributed by atoms with Gasteiger partial charge in [-0.1, -0.05) is 0 Å². The van der Waals surface area contributed by atoms with Crippen LogP contribution in [0.25, 0.3) is 11.3 Å². The standard InChI is InChI=1S/C21H21N3O4S2/c1-13-10-16-11-15(6-9-19(16)24(13)30(3,26)27)20(25)23-21-22-18(12-29-21)14-4-7-17(28-2)8-5-14/h4-9,11-13H,10H2,1-3H3,(H,22,23,25)/t13-/m1/s1. The molecule has 156 valence electrons. The third-order valence-corrected chi connectivity index (χ3v) is 6.99. The Kier molecular flexibility index (Phi) is 5.25. The van der Waals surface area contributed by atoms with Gasteiger partial charge in [-0.3, -0.25) is 14.4 Å². The second kappa shape index (κ2) is 7.73. The molecule has 2 aromatic carbocycles. The van der Waals surface area contributed by atoms with Crippen molar-refractivity contribution in [2.45, 2.75) is 19.4 Å². The van der Waals surface area contributed by atoms with E-state index in [4.69, 9.17) is 4.74 Å². The minimum atomic E-state index is -3.36. The van der Waals surface area contributed by atoms with Crippen molar-refractivity contribution >= 4 is 38.1 Å². The lowest BCUT2D eigenvalue weighted by Crippen LogP contribution is -2.34. The monoisotopic (exact) mass is 443 g/mol. The summed E-state index contributed by atoms with van der Waals surface area (Å²) in [5.41, 5.74) is 3.65. The van der Waals surface area contributed by atoms with E-state index < -0.39 is 10.0 Å². The number of carbonyl (C=O) groups is 1. The Labute approximate surface area is 179 Å². The Morgan fingerprint density at radius 3 is 2.63 bits per heavy atom. The van der Waals surface area contributed by atoms with Gasteiger partial charge in [0.2, 0.25) is 10.0 Å². The number of hydrogen-bond donors (Lipinski definition) is 1. The highest BCUT2D eigenvalue weighted by atomic mass is 32.2. The van der Waals surface area contributed by atoms with Gasteiger partial charge in [0.05, 0.1) is 24.7 Å². The van der Waals surface area contributed by atoms with Crippen molar-refractivity contribution in [2.24, 2.45) is 0 Å². The predicted octanol–water partition coefficient (Wildman–Crippen LogP) is 3.78. The molecule has 0 saturated heterocycles. The smallest absolute Gasteiger partial charge is 0.257 e. The molecule has 1 aliphatic heterocycles. The van der Waals surface area contributed by atoms with E-state index in [1.54, 1.807) is 25.3 Å². The van der Waals surface area contributed by atoms with Gasteiger partial charge >= 0.3 is 0 Å². The lowest BCUT2D eigenvalue weighted by atomic mass is 10.1. The first-order valence-corrected chi connectivity index (χ1v) is 12.0. The normalized spacial score (nSPS) is 15.7. The summed E-state index contributed by atoms with van der Waals surface area (Å²) in [6.45, 7) is 1.86. The molecule has 0 fully saturated rings. The average Bonchev–Trinajstić information content (AvgIpc) is 3.30. The van der Waals surface area contributed by atoms with Crippen LogP contribution >= 0.6 is 11.3 Å². The number of fused-ring (bicyclic) bond motifs is 1. The lowest BCUT2D eigenvalue weighted by Gasteiger charge is -2.21. The van der Waals surface area contributed by atoms with E-state index in [0.717, 1.165) is 22.6 Å². The zero-order valence-corrected chi connectivity index (χ0v) is 18.4. The van der Waals surface area contributed by atoms with Gasteiger partial charge in [-0.2, -0.15) is 0 Å². The second-order valence-corrected chi connectivity index (χ2v) is 9.89. The molecule has 4 rings (SSSR count).